The van der Waals surface area contributed by atoms with Crippen LogP contribution in [0.25, 0.3) is 0 Å². The molecule has 0 N–H and O–H groups in total. The van der Waals surface area contributed by atoms with Crippen LogP contribution < -0.4 is 0 Å². The molecule has 1 aliphatic heterocycles. The number of carbonyl (C=O) groups is 2. The van der Waals surface area contributed by atoms with Crippen LogP contribution in [-0.4, -0.2) is 53.0 Å². The molecule has 1 saturated heterocycles. The minimum Gasteiger partial charge on any atom is -0.469 e. The first-order chi connectivity index (χ1) is 10.0. The Morgan fingerprint density at radius 1 is 1.43 bits per heavy atom. The van der Waals surface area contributed by atoms with Crippen molar-refractivity contribution < 1.29 is 14.3 Å². The Morgan fingerprint density at radius 2 is 2.10 bits per heavy atom. The van der Waals surface area contributed by atoms with E-state index in [1.54, 1.807) is 16.7 Å². The minimum atomic E-state index is -0.328. The maximum absolute atomic E-state index is 12.6. The molecule has 21 heavy (non-hydrogen) atoms. The highest BCUT2D eigenvalue weighted by Gasteiger charge is 2.30. The summed E-state index contributed by atoms with van der Waals surface area (Å²) in [5.41, 5.74) is 0.377. The predicted octanol–water partition coefficient (Wildman–Crippen LogP) is 2.51. The fraction of sp³-hybridized carbons (Fsp3) is 0.462. The van der Waals surface area contributed by atoms with Crippen molar-refractivity contribution in [2.75, 3.05) is 25.2 Å². The third kappa shape index (κ3) is 4.25. The van der Waals surface area contributed by atoms with Crippen LogP contribution in [0.4, 0.5) is 0 Å². The average molecular weight is 349 g/mol. The fourth-order valence-corrected chi connectivity index (χ4v) is 3.64. The van der Waals surface area contributed by atoms with Crippen molar-refractivity contribution in [2.45, 2.75) is 12.5 Å². The van der Waals surface area contributed by atoms with Gasteiger partial charge in [0, 0.05) is 23.6 Å². The maximum atomic E-state index is 12.6. The highest BCUT2D eigenvalue weighted by molar-refractivity contribution is 7.99. The molecule has 0 aromatic carbocycles. The van der Waals surface area contributed by atoms with Gasteiger partial charge < -0.3 is 9.64 Å². The van der Waals surface area contributed by atoms with E-state index in [9.17, 15) is 9.59 Å². The van der Waals surface area contributed by atoms with Crippen molar-refractivity contribution >= 4 is 46.8 Å². The summed E-state index contributed by atoms with van der Waals surface area (Å²) < 4.78 is 4.69. The van der Waals surface area contributed by atoms with E-state index in [4.69, 9.17) is 23.2 Å². The monoisotopic (exact) mass is 348 g/mol. The smallest absolute Gasteiger partial charge is 0.307 e. The number of thioether (sulfide) groups is 1. The molecule has 1 aliphatic rings. The van der Waals surface area contributed by atoms with Crippen LogP contribution in [0.5, 0.6) is 0 Å². The van der Waals surface area contributed by atoms with Crippen molar-refractivity contribution in [3.05, 3.63) is 28.0 Å². The molecule has 1 amide bonds. The summed E-state index contributed by atoms with van der Waals surface area (Å²) in [5, 5.41) is 0.337. The van der Waals surface area contributed by atoms with E-state index in [2.05, 4.69) is 9.72 Å². The fourth-order valence-electron chi connectivity index (χ4n) is 2.12. The zero-order chi connectivity index (χ0) is 15.4. The second kappa shape index (κ2) is 7.33. The summed E-state index contributed by atoms with van der Waals surface area (Å²) in [7, 11) is 1.34. The molecule has 0 aliphatic carbocycles. The van der Waals surface area contributed by atoms with Gasteiger partial charge in [0.2, 0.25) is 0 Å². The number of amides is 1. The van der Waals surface area contributed by atoms with E-state index in [0.717, 1.165) is 5.75 Å². The normalized spacial score (nSPS) is 18.4. The van der Waals surface area contributed by atoms with Crippen molar-refractivity contribution in [1.29, 1.82) is 0 Å². The number of hydrogen-bond acceptors (Lipinski definition) is 5. The van der Waals surface area contributed by atoms with Gasteiger partial charge in [-0.3, -0.25) is 9.59 Å². The number of aromatic nitrogens is 1. The average Bonchev–Trinajstić information content (AvgIpc) is 2.46. The van der Waals surface area contributed by atoms with Gasteiger partial charge in [0.05, 0.1) is 19.6 Å². The molecule has 0 spiro atoms. The molecule has 2 heterocycles. The molecule has 1 aromatic rings. The maximum Gasteiger partial charge on any atom is 0.307 e. The largest absolute Gasteiger partial charge is 0.469 e. The first-order valence-corrected chi connectivity index (χ1v) is 8.21. The Bertz CT molecular complexity index is 536. The first kappa shape index (κ1) is 16.4. The lowest BCUT2D eigenvalue weighted by Gasteiger charge is -2.35. The molecular weight excluding hydrogens is 335 g/mol. The van der Waals surface area contributed by atoms with Gasteiger partial charge >= 0.3 is 5.97 Å². The molecule has 1 aromatic heterocycles. The minimum absolute atomic E-state index is 0.168. The highest BCUT2D eigenvalue weighted by atomic mass is 35.5. The Balaban J connectivity index is 2.19. The van der Waals surface area contributed by atoms with E-state index in [0.29, 0.717) is 17.9 Å². The summed E-state index contributed by atoms with van der Waals surface area (Å²) in [6, 6.07) is 2.77. The van der Waals surface area contributed by atoms with E-state index in [1.165, 1.54) is 19.2 Å². The van der Waals surface area contributed by atoms with Gasteiger partial charge in [-0.25, -0.2) is 4.98 Å². The standard InChI is InChI=1S/C13H14Cl2N2O3S/c1-20-12(18)6-9-7-21-3-2-17(9)13(19)8-4-10(14)16-11(15)5-8/h4-5,9H,2-3,6-7H2,1H3/t9-/m0/s1. The van der Waals surface area contributed by atoms with Crippen molar-refractivity contribution in [3.8, 4) is 0 Å². The zero-order valence-corrected chi connectivity index (χ0v) is 13.7. The van der Waals surface area contributed by atoms with Crippen molar-refractivity contribution in [1.82, 2.24) is 9.88 Å². The molecule has 2 rings (SSSR count). The van der Waals surface area contributed by atoms with E-state index < -0.39 is 0 Å². The zero-order valence-electron chi connectivity index (χ0n) is 11.3. The van der Waals surface area contributed by atoms with E-state index in [1.807, 2.05) is 0 Å². The number of halogens is 2. The van der Waals surface area contributed by atoms with Crippen LogP contribution in [0.2, 0.25) is 10.3 Å². The molecule has 1 fully saturated rings. The van der Waals surface area contributed by atoms with Gasteiger partial charge in [-0.15, -0.1) is 0 Å². The second-order valence-electron chi connectivity index (χ2n) is 4.51. The van der Waals surface area contributed by atoms with Crippen LogP contribution in [-0.2, 0) is 9.53 Å². The Hall–Kier alpha value is -0.980. The SMILES string of the molecule is COC(=O)C[C@H]1CSCCN1C(=O)c1cc(Cl)nc(Cl)c1. The van der Waals surface area contributed by atoms with Crippen LogP contribution in [0.3, 0.4) is 0 Å². The Labute approximate surface area is 136 Å². The van der Waals surface area contributed by atoms with Gasteiger partial charge in [0.1, 0.15) is 10.3 Å². The molecule has 0 radical (unpaired) electrons. The topological polar surface area (TPSA) is 59.5 Å². The lowest BCUT2D eigenvalue weighted by molar-refractivity contribution is -0.141. The summed E-state index contributed by atoms with van der Waals surface area (Å²) in [6.07, 6.45) is 0.182. The van der Waals surface area contributed by atoms with Gasteiger partial charge in [0.25, 0.3) is 5.91 Å². The van der Waals surface area contributed by atoms with E-state index in [-0.39, 0.29) is 34.6 Å². The number of carbonyl (C=O) groups excluding carboxylic acids is 2. The van der Waals surface area contributed by atoms with E-state index >= 15 is 0 Å². The number of ether oxygens (including phenoxy) is 1. The van der Waals surface area contributed by atoms with Gasteiger partial charge in [-0.2, -0.15) is 11.8 Å². The molecule has 0 unspecified atom stereocenters. The summed E-state index contributed by atoms with van der Waals surface area (Å²) in [5.74, 6) is 1.00. The number of hydrogen-bond donors (Lipinski definition) is 0. The number of methoxy groups -OCH3 is 1. The number of esters is 1. The lowest BCUT2D eigenvalue weighted by atomic mass is 10.1. The summed E-state index contributed by atoms with van der Waals surface area (Å²) in [6.45, 7) is 0.572. The quantitative estimate of drug-likeness (QED) is 0.620. The number of nitrogens with zero attached hydrogens (tertiary/aromatic N) is 2. The third-order valence-corrected chi connectivity index (χ3v) is 4.61. The lowest BCUT2D eigenvalue weighted by Crippen LogP contribution is -2.47. The molecule has 8 heteroatoms. The van der Waals surface area contributed by atoms with Crippen molar-refractivity contribution in [2.24, 2.45) is 0 Å². The van der Waals surface area contributed by atoms with Crippen LogP contribution in [0.15, 0.2) is 12.1 Å². The molecule has 114 valence electrons. The van der Waals surface area contributed by atoms with Crippen molar-refractivity contribution in [3.63, 3.8) is 0 Å². The molecule has 5 nitrogen and oxygen atoms in total. The van der Waals surface area contributed by atoms with Gasteiger partial charge in [0.15, 0.2) is 0 Å². The highest BCUT2D eigenvalue weighted by Crippen LogP contribution is 2.23. The van der Waals surface area contributed by atoms with Crippen LogP contribution in [0, 0.1) is 0 Å². The number of pyridine rings is 1. The second-order valence-corrected chi connectivity index (χ2v) is 6.43. The van der Waals surface area contributed by atoms with Gasteiger partial charge in [-0.1, -0.05) is 23.2 Å². The number of rotatable bonds is 3. The third-order valence-electron chi connectivity index (χ3n) is 3.13. The molecule has 1 atom stereocenters. The molecule has 0 bridgehead atoms. The Kier molecular flexibility index (Phi) is 5.72. The van der Waals surface area contributed by atoms with Crippen LogP contribution in [0.1, 0.15) is 16.8 Å². The van der Waals surface area contributed by atoms with Gasteiger partial charge in [-0.05, 0) is 12.1 Å². The predicted molar refractivity (Wildman–Crippen MR) is 83.0 cm³/mol. The van der Waals surface area contributed by atoms with Crippen LogP contribution >= 0.6 is 35.0 Å². The summed E-state index contributed by atoms with van der Waals surface area (Å²) >= 11 is 13.4. The molecular formula is C13H14Cl2N2O3S. The molecule has 0 saturated carbocycles. The first-order valence-electron chi connectivity index (χ1n) is 6.30. The Morgan fingerprint density at radius 3 is 2.71 bits per heavy atom. The summed E-state index contributed by atoms with van der Waals surface area (Å²) in [4.78, 5) is 29.6.